The Bertz CT molecular complexity index is 158. The van der Waals surface area contributed by atoms with Gasteiger partial charge in [0.2, 0.25) is 0 Å². The van der Waals surface area contributed by atoms with Crippen LogP contribution in [-0.4, -0.2) is 13.2 Å². The summed E-state index contributed by atoms with van der Waals surface area (Å²) in [7, 11) is 1.79. The summed E-state index contributed by atoms with van der Waals surface area (Å²) in [5.74, 6) is 0.499. The highest BCUT2D eigenvalue weighted by atomic mass is 16.5. The van der Waals surface area contributed by atoms with E-state index in [4.69, 9.17) is 4.74 Å². The van der Waals surface area contributed by atoms with Gasteiger partial charge in [-0.25, -0.2) is 0 Å². The molecule has 1 aliphatic rings. The molecule has 62 valence electrons. The summed E-state index contributed by atoms with van der Waals surface area (Å²) >= 11 is 0. The van der Waals surface area contributed by atoms with E-state index in [-0.39, 0.29) is 0 Å². The minimum absolute atomic E-state index is 0.399. The fraction of sp³-hybridized carbons (Fsp3) is 0.600. The van der Waals surface area contributed by atoms with E-state index in [0.717, 1.165) is 12.8 Å². The summed E-state index contributed by atoms with van der Waals surface area (Å²) in [4.78, 5) is 0. The van der Waals surface area contributed by atoms with E-state index in [1.165, 1.54) is 0 Å². The number of ether oxygens (including phenoxy) is 1. The Morgan fingerprint density at radius 1 is 1.55 bits per heavy atom. The van der Waals surface area contributed by atoms with Crippen molar-refractivity contribution >= 4 is 0 Å². The summed E-state index contributed by atoms with van der Waals surface area (Å²) < 4.78 is 5.35. The molecule has 0 heterocycles. The summed E-state index contributed by atoms with van der Waals surface area (Å²) in [6.45, 7) is 2.05. The van der Waals surface area contributed by atoms with Crippen molar-refractivity contribution in [3.8, 4) is 0 Å². The van der Waals surface area contributed by atoms with Gasteiger partial charge in [-0.3, -0.25) is 0 Å². The van der Waals surface area contributed by atoms with E-state index in [1.54, 1.807) is 7.11 Å². The van der Waals surface area contributed by atoms with Crippen LogP contribution in [0.15, 0.2) is 24.3 Å². The third-order valence-corrected chi connectivity index (χ3v) is 2.12. The summed E-state index contributed by atoms with van der Waals surface area (Å²) in [5.41, 5.74) is 0. The Hall–Kier alpha value is -0.560. The maximum Gasteiger partial charge on any atom is 0.0671 e. The van der Waals surface area contributed by atoms with Gasteiger partial charge < -0.3 is 4.74 Å². The second-order valence-electron chi connectivity index (χ2n) is 2.88. The molecule has 0 aromatic rings. The molecule has 1 nitrogen and oxygen atoms in total. The van der Waals surface area contributed by atoms with Crippen molar-refractivity contribution in [3.63, 3.8) is 0 Å². The number of hydrogen-bond acceptors (Lipinski definition) is 1. The molecule has 0 radical (unpaired) electrons. The fourth-order valence-electron chi connectivity index (χ4n) is 1.52. The molecule has 0 aromatic carbocycles. The fourth-order valence-corrected chi connectivity index (χ4v) is 1.52. The van der Waals surface area contributed by atoms with E-state index in [2.05, 4.69) is 31.2 Å². The molecule has 0 spiro atoms. The van der Waals surface area contributed by atoms with Crippen LogP contribution in [-0.2, 0) is 4.74 Å². The summed E-state index contributed by atoms with van der Waals surface area (Å²) in [6.07, 6.45) is 11.5. The van der Waals surface area contributed by atoms with Crippen LogP contribution in [0.5, 0.6) is 0 Å². The van der Waals surface area contributed by atoms with Crippen molar-refractivity contribution in [1.82, 2.24) is 0 Å². The van der Waals surface area contributed by atoms with Crippen molar-refractivity contribution in [3.05, 3.63) is 24.3 Å². The molecule has 0 fully saturated rings. The Balaban J connectivity index is 2.57. The largest absolute Gasteiger partial charge is 0.381 e. The third-order valence-electron chi connectivity index (χ3n) is 2.12. The van der Waals surface area contributed by atoms with Crippen molar-refractivity contribution in [2.75, 3.05) is 7.11 Å². The topological polar surface area (TPSA) is 9.23 Å². The maximum absolute atomic E-state index is 5.35. The maximum atomic E-state index is 5.35. The molecule has 0 aromatic heterocycles. The first-order valence-electron chi connectivity index (χ1n) is 4.20. The van der Waals surface area contributed by atoms with Crippen LogP contribution in [0.4, 0.5) is 0 Å². The van der Waals surface area contributed by atoms with Crippen molar-refractivity contribution in [2.24, 2.45) is 5.92 Å². The monoisotopic (exact) mass is 152 g/mol. The standard InChI is InChI=1S/C10H16O/c1-3-6-9-7-4-5-8-10(9)11-2/h3-4,6-7,9-10H,5,8H2,1-2H3/t9-,10-/m1/s1. The third kappa shape index (κ3) is 2.19. The molecule has 0 saturated carbocycles. The van der Waals surface area contributed by atoms with Gasteiger partial charge in [0.1, 0.15) is 0 Å². The zero-order chi connectivity index (χ0) is 8.10. The highest BCUT2D eigenvalue weighted by Gasteiger charge is 2.17. The van der Waals surface area contributed by atoms with Gasteiger partial charge in [0, 0.05) is 13.0 Å². The van der Waals surface area contributed by atoms with E-state index < -0.39 is 0 Å². The molecule has 0 amide bonds. The quantitative estimate of drug-likeness (QED) is 0.552. The van der Waals surface area contributed by atoms with Crippen LogP contribution in [0.25, 0.3) is 0 Å². The Labute approximate surface area is 68.8 Å². The van der Waals surface area contributed by atoms with Crippen molar-refractivity contribution in [1.29, 1.82) is 0 Å². The lowest BCUT2D eigenvalue weighted by molar-refractivity contribution is 0.0724. The van der Waals surface area contributed by atoms with Crippen LogP contribution in [0, 0.1) is 5.92 Å². The van der Waals surface area contributed by atoms with Crippen LogP contribution < -0.4 is 0 Å². The highest BCUT2D eigenvalue weighted by Crippen LogP contribution is 2.21. The van der Waals surface area contributed by atoms with Crippen LogP contribution in [0.1, 0.15) is 19.8 Å². The average molecular weight is 152 g/mol. The number of allylic oxidation sites excluding steroid dienone is 2. The van der Waals surface area contributed by atoms with Gasteiger partial charge in [-0.15, -0.1) is 0 Å². The van der Waals surface area contributed by atoms with Crippen molar-refractivity contribution in [2.45, 2.75) is 25.9 Å². The van der Waals surface area contributed by atoms with Gasteiger partial charge in [0.05, 0.1) is 6.10 Å². The van der Waals surface area contributed by atoms with E-state index in [9.17, 15) is 0 Å². The molecule has 0 bridgehead atoms. The molecule has 2 atom stereocenters. The Morgan fingerprint density at radius 3 is 3.00 bits per heavy atom. The normalized spacial score (nSPS) is 31.5. The zero-order valence-electron chi connectivity index (χ0n) is 7.29. The molecular formula is C10H16O. The lowest BCUT2D eigenvalue weighted by Gasteiger charge is -2.23. The van der Waals surface area contributed by atoms with Crippen LogP contribution >= 0.6 is 0 Å². The second kappa shape index (κ2) is 4.35. The van der Waals surface area contributed by atoms with Gasteiger partial charge in [-0.2, -0.15) is 0 Å². The summed E-state index contributed by atoms with van der Waals surface area (Å²) in [6, 6.07) is 0. The van der Waals surface area contributed by atoms with Gasteiger partial charge in [0.15, 0.2) is 0 Å². The first kappa shape index (κ1) is 8.54. The first-order chi connectivity index (χ1) is 5.38. The SMILES string of the molecule is CC=C[C@@H]1C=CCC[C@H]1OC. The first-order valence-corrected chi connectivity index (χ1v) is 4.20. The molecule has 1 rings (SSSR count). The highest BCUT2D eigenvalue weighted by molar-refractivity contribution is 5.06. The van der Waals surface area contributed by atoms with Gasteiger partial charge in [0.25, 0.3) is 0 Å². The molecule has 0 saturated heterocycles. The minimum Gasteiger partial charge on any atom is -0.381 e. The molecule has 1 aliphatic carbocycles. The van der Waals surface area contributed by atoms with Crippen LogP contribution in [0.3, 0.4) is 0 Å². The predicted octanol–water partition coefficient (Wildman–Crippen LogP) is 2.54. The van der Waals surface area contributed by atoms with Crippen molar-refractivity contribution < 1.29 is 4.74 Å². The van der Waals surface area contributed by atoms with E-state index in [0.29, 0.717) is 12.0 Å². The van der Waals surface area contributed by atoms with Gasteiger partial charge in [-0.05, 0) is 19.8 Å². The van der Waals surface area contributed by atoms with E-state index in [1.807, 2.05) is 0 Å². The molecule has 1 heteroatoms. The van der Waals surface area contributed by atoms with Gasteiger partial charge in [-0.1, -0.05) is 24.3 Å². The molecule has 0 aliphatic heterocycles. The molecular weight excluding hydrogens is 136 g/mol. The lowest BCUT2D eigenvalue weighted by Crippen LogP contribution is -2.21. The smallest absolute Gasteiger partial charge is 0.0671 e. The lowest BCUT2D eigenvalue weighted by atomic mass is 9.92. The number of rotatable bonds is 2. The second-order valence-corrected chi connectivity index (χ2v) is 2.88. The van der Waals surface area contributed by atoms with Gasteiger partial charge >= 0.3 is 0 Å². The predicted molar refractivity (Wildman–Crippen MR) is 47.5 cm³/mol. The number of hydrogen-bond donors (Lipinski definition) is 0. The van der Waals surface area contributed by atoms with E-state index >= 15 is 0 Å². The number of methoxy groups -OCH3 is 1. The Morgan fingerprint density at radius 2 is 2.36 bits per heavy atom. The molecule has 0 N–H and O–H groups in total. The molecule has 0 unspecified atom stereocenters. The average Bonchev–Trinajstić information content (AvgIpc) is 2.06. The summed E-state index contributed by atoms with van der Waals surface area (Å²) in [5, 5.41) is 0. The zero-order valence-corrected chi connectivity index (χ0v) is 7.29. The Kier molecular flexibility index (Phi) is 3.37. The van der Waals surface area contributed by atoms with Crippen LogP contribution in [0.2, 0.25) is 0 Å². The molecule has 11 heavy (non-hydrogen) atoms. The minimum atomic E-state index is 0.399.